The smallest absolute Gasteiger partial charge is 0.147 e. The summed E-state index contributed by atoms with van der Waals surface area (Å²) < 4.78 is 2.34. The summed E-state index contributed by atoms with van der Waals surface area (Å²) in [6.45, 7) is 0. The Labute approximate surface area is 259 Å². The van der Waals surface area contributed by atoms with E-state index in [1.807, 2.05) is 0 Å². The molecule has 45 heavy (non-hydrogen) atoms. The standard InChI is InChI=1S/C43H26N2/c1-2-10-28-23-29(18-17-27(28)9-1)30-19-20-32-25-33(22-21-31(32)24-30)37-26-38-35-12-5-7-15-40(35)45-41-16-8-6-14-39(41)44-43(45)42(38)36-13-4-3-11-34(36)37/h1-26H. The van der Waals surface area contributed by atoms with E-state index < -0.39 is 0 Å². The van der Waals surface area contributed by atoms with Crippen molar-refractivity contribution in [2.24, 2.45) is 0 Å². The molecular weight excluding hydrogens is 544 g/mol. The third-order valence-corrected chi connectivity index (χ3v) is 9.50. The van der Waals surface area contributed by atoms with Crippen molar-refractivity contribution in [2.75, 3.05) is 0 Å². The molecule has 0 aliphatic heterocycles. The van der Waals surface area contributed by atoms with Gasteiger partial charge in [-0.25, -0.2) is 4.98 Å². The fourth-order valence-corrected chi connectivity index (χ4v) is 7.36. The van der Waals surface area contributed by atoms with E-state index in [1.165, 1.54) is 76.2 Å². The molecule has 0 atom stereocenters. The van der Waals surface area contributed by atoms with E-state index in [-0.39, 0.29) is 0 Å². The van der Waals surface area contributed by atoms with E-state index in [1.54, 1.807) is 0 Å². The summed E-state index contributed by atoms with van der Waals surface area (Å²) >= 11 is 0. The maximum atomic E-state index is 5.20. The molecule has 0 fully saturated rings. The maximum Gasteiger partial charge on any atom is 0.147 e. The van der Waals surface area contributed by atoms with E-state index in [4.69, 9.17) is 4.98 Å². The molecule has 2 aromatic heterocycles. The number of nitrogens with zero attached hydrogens (tertiary/aromatic N) is 2. The lowest BCUT2D eigenvalue weighted by Gasteiger charge is -2.15. The van der Waals surface area contributed by atoms with Gasteiger partial charge in [0.2, 0.25) is 0 Å². The number of hydrogen-bond acceptors (Lipinski definition) is 1. The van der Waals surface area contributed by atoms with Crippen LogP contribution >= 0.6 is 0 Å². The van der Waals surface area contributed by atoms with Crippen LogP contribution in [0.3, 0.4) is 0 Å². The number of imidazole rings is 1. The molecule has 10 aromatic rings. The molecule has 0 N–H and O–H groups in total. The summed E-state index contributed by atoms with van der Waals surface area (Å²) in [6, 6.07) is 57.4. The second kappa shape index (κ2) is 9.25. The van der Waals surface area contributed by atoms with E-state index in [2.05, 4.69) is 162 Å². The van der Waals surface area contributed by atoms with E-state index in [0.717, 1.165) is 16.7 Å². The molecule has 0 saturated heterocycles. The van der Waals surface area contributed by atoms with Gasteiger partial charge in [-0.2, -0.15) is 0 Å². The zero-order chi connectivity index (χ0) is 29.5. The highest BCUT2D eigenvalue weighted by Crippen LogP contribution is 2.41. The van der Waals surface area contributed by atoms with Crippen molar-refractivity contribution in [2.45, 2.75) is 0 Å². The van der Waals surface area contributed by atoms with Crippen molar-refractivity contribution in [3.8, 4) is 22.3 Å². The summed E-state index contributed by atoms with van der Waals surface area (Å²) in [5, 5.41) is 11.1. The van der Waals surface area contributed by atoms with Crippen LogP contribution in [0.15, 0.2) is 158 Å². The second-order valence-corrected chi connectivity index (χ2v) is 12.0. The van der Waals surface area contributed by atoms with Crippen LogP contribution in [0.25, 0.3) is 92.9 Å². The van der Waals surface area contributed by atoms with Gasteiger partial charge >= 0.3 is 0 Å². The Bertz CT molecular complexity index is 2820. The maximum absolute atomic E-state index is 5.20. The monoisotopic (exact) mass is 570 g/mol. The highest BCUT2D eigenvalue weighted by molar-refractivity contribution is 6.26. The number of benzene rings is 8. The lowest BCUT2D eigenvalue weighted by atomic mass is 9.91. The van der Waals surface area contributed by atoms with Crippen LogP contribution < -0.4 is 0 Å². The average Bonchev–Trinajstić information content (AvgIpc) is 3.50. The zero-order valence-corrected chi connectivity index (χ0v) is 24.4. The van der Waals surface area contributed by atoms with Gasteiger partial charge in [-0.1, -0.05) is 115 Å². The van der Waals surface area contributed by atoms with Gasteiger partial charge in [0, 0.05) is 10.8 Å². The first-order valence-electron chi connectivity index (χ1n) is 15.5. The van der Waals surface area contributed by atoms with Gasteiger partial charge in [0.1, 0.15) is 5.65 Å². The summed E-state index contributed by atoms with van der Waals surface area (Å²) in [4.78, 5) is 5.20. The lowest BCUT2D eigenvalue weighted by Crippen LogP contribution is -1.93. The molecule has 2 heteroatoms. The van der Waals surface area contributed by atoms with Crippen LogP contribution in [-0.2, 0) is 0 Å². The van der Waals surface area contributed by atoms with Gasteiger partial charge in [0.05, 0.1) is 16.6 Å². The van der Waals surface area contributed by atoms with Gasteiger partial charge in [-0.3, -0.25) is 4.40 Å². The molecule has 0 radical (unpaired) electrons. The molecule has 8 aromatic carbocycles. The summed E-state index contributed by atoms with van der Waals surface area (Å²) in [7, 11) is 0. The Morgan fingerprint density at radius 2 is 0.933 bits per heavy atom. The van der Waals surface area contributed by atoms with Crippen LogP contribution in [-0.4, -0.2) is 9.38 Å². The molecule has 0 saturated carbocycles. The molecule has 208 valence electrons. The number of aromatic nitrogens is 2. The van der Waals surface area contributed by atoms with Crippen LogP contribution in [0.2, 0.25) is 0 Å². The molecule has 0 unspecified atom stereocenters. The van der Waals surface area contributed by atoms with Crippen molar-refractivity contribution >= 4 is 70.7 Å². The average molecular weight is 571 g/mol. The zero-order valence-electron chi connectivity index (χ0n) is 24.4. The van der Waals surface area contributed by atoms with E-state index in [0.29, 0.717) is 0 Å². The van der Waals surface area contributed by atoms with E-state index in [9.17, 15) is 0 Å². The number of pyridine rings is 1. The minimum absolute atomic E-state index is 1.01. The first-order chi connectivity index (χ1) is 22.3. The van der Waals surface area contributed by atoms with Crippen molar-refractivity contribution < 1.29 is 0 Å². The fraction of sp³-hybridized carbons (Fsp3) is 0. The highest BCUT2D eigenvalue weighted by Gasteiger charge is 2.18. The summed E-state index contributed by atoms with van der Waals surface area (Å²) in [5.74, 6) is 0. The van der Waals surface area contributed by atoms with Crippen molar-refractivity contribution in [3.63, 3.8) is 0 Å². The first kappa shape index (κ1) is 24.5. The Balaban J connectivity index is 1.21. The molecule has 0 spiro atoms. The Morgan fingerprint density at radius 1 is 0.378 bits per heavy atom. The molecule has 2 nitrogen and oxygen atoms in total. The number of fused-ring (bicyclic) bond motifs is 12. The SMILES string of the molecule is c1ccc2cc(-c3ccc4cc(-c5cc6c7ccccc7n7c8ccccc8nc7c6c6ccccc56)ccc4c3)ccc2c1. The summed E-state index contributed by atoms with van der Waals surface area (Å²) in [6.07, 6.45) is 0. The van der Waals surface area contributed by atoms with E-state index >= 15 is 0 Å². The molecule has 0 aliphatic carbocycles. The van der Waals surface area contributed by atoms with Gasteiger partial charge in [0.15, 0.2) is 0 Å². The minimum atomic E-state index is 1.01. The second-order valence-electron chi connectivity index (χ2n) is 12.0. The van der Waals surface area contributed by atoms with Crippen LogP contribution in [0.1, 0.15) is 0 Å². The number of para-hydroxylation sites is 3. The minimum Gasteiger partial charge on any atom is -0.292 e. The third kappa shape index (κ3) is 3.60. The molecular formula is C43H26N2. The van der Waals surface area contributed by atoms with Crippen molar-refractivity contribution in [1.29, 1.82) is 0 Å². The molecule has 10 rings (SSSR count). The lowest BCUT2D eigenvalue weighted by molar-refractivity contribution is 1.32. The Morgan fingerprint density at radius 3 is 1.73 bits per heavy atom. The van der Waals surface area contributed by atoms with Gasteiger partial charge in [-0.05, 0) is 102 Å². The van der Waals surface area contributed by atoms with Crippen LogP contribution in [0.4, 0.5) is 0 Å². The first-order valence-corrected chi connectivity index (χ1v) is 15.5. The predicted molar refractivity (Wildman–Crippen MR) is 191 cm³/mol. The van der Waals surface area contributed by atoms with Crippen molar-refractivity contribution in [3.05, 3.63) is 158 Å². The van der Waals surface area contributed by atoms with Gasteiger partial charge in [-0.15, -0.1) is 0 Å². The molecule has 2 heterocycles. The van der Waals surface area contributed by atoms with Crippen LogP contribution in [0, 0.1) is 0 Å². The van der Waals surface area contributed by atoms with Gasteiger partial charge in [0.25, 0.3) is 0 Å². The molecule has 0 bridgehead atoms. The third-order valence-electron chi connectivity index (χ3n) is 9.50. The molecule has 0 aliphatic rings. The van der Waals surface area contributed by atoms with Crippen LogP contribution in [0.5, 0.6) is 0 Å². The largest absolute Gasteiger partial charge is 0.292 e. The fourth-order valence-electron chi connectivity index (χ4n) is 7.36. The number of hydrogen-bond donors (Lipinski definition) is 0. The summed E-state index contributed by atoms with van der Waals surface area (Å²) in [5.41, 5.74) is 9.27. The van der Waals surface area contributed by atoms with Gasteiger partial charge < -0.3 is 0 Å². The Hall–Kier alpha value is -5.99. The molecule has 0 amide bonds. The topological polar surface area (TPSA) is 17.3 Å². The van der Waals surface area contributed by atoms with Crippen molar-refractivity contribution in [1.82, 2.24) is 9.38 Å². The number of rotatable bonds is 2. The normalized spacial score (nSPS) is 12.0. The Kier molecular flexibility index (Phi) is 5.03. The quantitative estimate of drug-likeness (QED) is 0.189. The highest BCUT2D eigenvalue weighted by atomic mass is 15.0. The predicted octanol–water partition coefficient (Wildman–Crippen LogP) is 11.6.